The van der Waals surface area contributed by atoms with E-state index in [9.17, 15) is 0 Å². The highest BCUT2D eigenvalue weighted by molar-refractivity contribution is 7.71. The van der Waals surface area contributed by atoms with E-state index in [0.717, 1.165) is 50.1 Å². The van der Waals surface area contributed by atoms with Crippen LogP contribution in [0.4, 0.5) is 0 Å². The number of methoxy groups -OCH3 is 1. The molecule has 1 heterocycles. The van der Waals surface area contributed by atoms with Crippen LogP contribution in [0, 0.1) is 11.4 Å². The van der Waals surface area contributed by atoms with Crippen LogP contribution in [0.5, 0.6) is 5.75 Å². The predicted octanol–water partition coefficient (Wildman–Crippen LogP) is 6.36. The Morgan fingerprint density at radius 3 is 2.61 bits per heavy atom. The zero-order chi connectivity index (χ0) is 16.6. The van der Waals surface area contributed by atoms with Gasteiger partial charge in [0.2, 0.25) is 0 Å². The van der Waals surface area contributed by atoms with Crippen LogP contribution in [0.1, 0.15) is 18.2 Å². The standard InChI is InChI=1S/C19H17ClO2S/c1-4-12-9-14-17(10-16(12)21-3)22-11(2)18(19(14)23)13-7-5-6-8-15(13)20/h5-10H,4H2,1-3H3. The van der Waals surface area contributed by atoms with Crippen molar-refractivity contribution in [3.8, 4) is 16.9 Å². The van der Waals surface area contributed by atoms with E-state index in [1.54, 1.807) is 7.11 Å². The second-order valence-corrected chi connectivity index (χ2v) is 6.17. The molecule has 0 saturated carbocycles. The summed E-state index contributed by atoms with van der Waals surface area (Å²) in [5.74, 6) is 1.57. The highest BCUT2D eigenvalue weighted by atomic mass is 35.5. The van der Waals surface area contributed by atoms with Crippen molar-refractivity contribution in [2.75, 3.05) is 7.11 Å². The summed E-state index contributed by atoms with van der Waals surface area (Å²) in [6.45, 7) is 4.00. The SMILES string of the molecule is CCc1cc2c(=S)c(-c3ccccc3Cl)c(C)oc2cc1OC. The van der Waals surface area contributed by atoms with Crippen LogP contribution in [0.2, 0.25) is 5.02 Å². The first kappa shape index (κ1) is 16.0. The molecule has 0 fully saturated rings. The third-order valence-electron chi connectivity index (χ3n) is 3.99. The van der Waals surface area contributed by atoms with Crippen LogP contribution in [0.15, 0.2) is 40.8 Å². The van der Waals surface area contributed by atoms with Crippen LogP contribution in [0.25, 0.3) is 22.1 Å². The van der Waals surface area contributed by atoms with E-state index < -0.39 is 0 Å². The smallest absolute Gasteiger partial charge is 0.139 e. The molecular weight excluding hydrogens is 328 g/mol. The van der Waals surface area contributed by atoms with Crippen molar-refractivity contribution in [1.82, 2.24) is 0 Å². The Balaban J connectivity index is 2.38. The molecule has 0 saturated heterocycles. The lowest BCUT2D eigenvalue weighted by Crippen LogP contribution is -1.93. The predicted molar refractivity (Wildman–Crippen MR) is 98.2 cm³/mol. The molecule has 3 rings (SSSR count). The Morgan fingerprint density at radius 1 is 1.22 bits per heavy atom. The zero-order valence-electron chi connectivity index (χ0n) is 13.3. The van der Waals surface area contributed by atoms with E-state index in [1.807, 2.05) is 37.3 Å². The van der Waals surface area contributed by atoms with Gasteiger partial charge in [0.15, 0.2) is 0 Å². The van der Waals surface area contributed by atoms with Gasteiger partial charge in [-0.2, -0.15) is 0 Å². The van der Waals surface area contributed by atoms with Gasteiger partial charge in [0.25, 0.3) is 0 Å². The van der Waals surface area contributed by atoms with Crippen LogP contribution >= 0.6 is 23.8 Å². The molecule has 0 radical (unpaired) electrons. The van der Waals surface area contributed by atoms with Crippen molar-refractivity contribution in [3.05, 3.63) is 57.3 Å². The topological polar surface area (TPSA) is 22.4 Å². The fourth-order valence-corrected chi connectivity index (χ4v) is 3.46. The van der Waals surface area contributed by atoms with Gasteiger partial charge in [-0.3, -0.25) is 0 Å². The number of hydrogen-bond donors (Lipinski definition) is 0. The van der Waals surface area contributed by atoms with Crippen LogP contribution in [-0.4, -0.2) is 7.11 Å². The first-order valence-corrected chi connectivity index (χ1v) is 8.24. The highest BCUT2D eigenvalue weighted by Gasteiger charge is 2.15. The number of benzene rings is 2. The lowest BCUT2D eigenvalue weighted by molar-refractivity contribution is 0.409. The summed E-state index contributed by atoms with van der Waals surface area (Å²) < 4.78 is 12.2. The lowest BCUT2D eigenvalue weighted by Gasteiger charge is -2.13. The van der Waals surface area contributed by atoms with Gasteiger partial charge in [-0.05, 0) is 31.0 Å². The quantitative estimate of drug-likeness (QED) is 0.516. The van der Waals surface area contributed by atoms with Gasteiger partial charge in [-0.25, -0.2) is 0 Å². The van der Waals surface area contributed by atoms with Crippen molar-refractivity contribution in [2.24, 2.45) is 0 Å². The Labute approximate surface area is 145 Å². The van der Waals surface area contributed by atoms with Gasteiger partial charge in [0, 0.05) is 27.6 Å². The number of hydrogen-bond acceptors (Lipinski definition) is 3. The van der Waals surface area contributed by atoms with E-state index in [4.69, 9.17) is 33.0 Å². The summed E-state index contributed by atoms with van der Waals surface area (Å²) in [5.41, 5.74) is 3.62. The minimum absolute atomic E-state index is 0.667. The summed E-state index contributed by atoms with van der Waals surface area (Å²) in [7, 11) is 1.67. The molecule has 0 bridgehead atoms. The Bertz CT molecular complexity index is 944. The summed E-state index contributed by atoms with van der Waals surface area (Å²) in [6, 6.07) is 11.6. The van der Waals surface area contributed by atoms with Gasteiger partial charge in [-0.15, -0.1) is 0 Å². The second kappa shape index (κ2) is 6.34. The maximum Gasteiger partial charge on any atom is 0.139 e. The molecule has 3 aromatic rings. The van der Waals surface area contributed by atoms with Crippen molar-refractivity contribution >= 4 is 34.8 Å². The van der Waals surface area contributed by atoms with E-state index in [-0.39, 0.29) is 0 Å². The monoisotopic (exact) mass is 344 g/mol. The molecule has 0 aliphatic carbocycles. The maximum absolute atomic E-state index is 6.35. The average Bonchev–Trinajstić information content (AvgIpc) is 2.55. The molecular formula is C19H17ClO2S. The third kappa shape index (κ3) is 2.75. The number of halogens is 1. The lowest BCUT2D eigenvalue weighted by atomic mass is 10.0. The molecule has 2 aromatic carbocycles. The molecule has 0 spiro atoms. The summed E-state index contributed by atoms with van der Waals surface area (Å²) in [6.07, 6.45) is 0.864. The fraction of sp³-hybridized carbons (Fsp3) is 0.211. The number of aryl methyl sites for hydroxylation is 2. The minimum Gasteiger partial charge on any atom is -0.496 e. The molecule has 0 aliphatic rings. The van der Waals surface area contributed by atoms with Crippen molar-refractivity contribution in [1.29, 1.82) is 0 Å². The summed E-state index contributed by atoms with van der Waals surface area (Å²) >= 11 is 12.1. The Morgan fingerprint density at radius 2 is 1.96 bits per heavy atom. The molecule has 0 atom stereocenters. The van der Waals surface area contributed by atoms with Gasteiger partial charge >= 0.3 is 0 Å². The molecule has 0 aliphatic heterocycles. The van der Waals surface area contributed by atoms with Crippen molar-refractivity contribution in [3.63, 3.8) is 0 Å². The van der Waals surface area contributed by atoms with Gasteiger partial charge in [0.1, 0.15) is 17.1 Å². The average molecular weight is 345 g/mol. The minimum atomic E-state index is 0.667. The second-order valence-electron chi connectivity index (χ2n) is 5.36. The number of ether oxygens (including phenoxy) is 1. The number of rotatable bonds is 3. The molecule has 23 heavy (non-hydrogen) atoms. The largest absolute Gasteiger partial charge is 0.496 e. The van der Waals surface area contributed by atoms with Gasteiger partial charge in [0.05, 0.1) is 11.6 Å². The number of fused-ring (bicyclic) bond motifs is 1. The molecule has 0 unspecified atom stereocenters. The highest BCUT2D eigenvalue weighted by Crippen LogP contribution is 2.36. The summed E-state index contributed by atoms with van der Waals surface area (Å²) in [4.78, 5) is 0. The zero-order valence-corrected chi connectivity index (χ0v) is 14.8. The van der Waals surface area contributed by atoms with Crippen LogP contribution in [-0.2, 0) is 6.42 Å². The molecule has 1 aromatic heterocycles. The van der Waals surface area contributed by atoms with E-state index in [2.05, 4.69) is 13.0 Å². The van der Waals surface area contributed by atoms with E-state index in [1.165, 1.54) is 0 Å². The molecule has 4 heteroatoms. The third-order valence-corrected chi connectivity index (χ3v) is 4.75. The van der Waals surface area contributed by atoms with Gasteiger partial charge < -0.3 is 9.15 Å². The molecule has 0 amide bonds. The van der Waals surface area contributed by atoms with Crippen molar-refractivity contribution < 1.29 is 9.15 Å². The molecule has 118 valence electrons. The normalized spacial score (nSPS) is 11.0. The van der Waals surface area contributed by atoms with Crippen LogP contribution < -0.4 is 4.74 Å². The van der Waals surface area contributed by atoms with Crippen LogP contribution in [0.3, 0.4) is 0 Å². The first-order chi connectivity index (χ1) is 11.1. The first-order valence-electron chi connectivity index (χ1n) is 7.46. The molecule has 0 N–H and O–H groups in total. The Kier molecular flexibility index (Phi) is 4.42. The molecule has 2 nitrogen and oxygen atoms in total. The van der Waals surface area contributed by atoms with E-state index >= 15 is 0 Å². The fourth-order valence-electron chi connectivity index (χ4n) is 2.82. The summed E-state index contributed by atoms with van der Waals surface area (Å²) in [5, 5.41) is 1.58. The van der Waals surface area contributed by atoms with Gasteiger partial charge in [-0.1, -0.05) is 48.9 Å². The maximum atomic E-state index is 6.35. The van der Waals surface area contributed by atoms with E-state index in [0.29, 0.717) is 5.02 Å². The Hall–Kier alpha value is -1.84. The van der Waals surface area contributed by atoms with Crippen molar-refractivity contribution in [2.45, 2.75) is 20.3 Å².